The number of hydrogen-bond acceptors (Lipinski definition) is 3. The Morgan fingerprint density at radius 1 is 1.50 bits per heavy atom. The molecule has 0 N–H and O–H groups in total. The summed E-state index contributed by atoms with van der Waals surface area (Å²) in [6.07, 6.45) is 1.93. The van der Waals surface area contributed by atoms with Crippen molar-refractivity contribution in [3.63, 3.8) is 0 Å². The highest BCUT2D eigenvalue weighted by Crippen LogP contribution is 2.25. The Bertz CT molecular complexity index is 348. The Morgan fingerprint density at radius 3 is 2.92 bits per heavy atom. The molecular formula is C8H9N3O. The smallest absolute Gasteiger partial charge is 0.232 e. The van der Waals surface area contributed by atoms with Crippen LogP contribution in [0.2, 0.25) is 0 Å². The largest absolute Gasteiger partial charge is 0.299 e. The fourth-order valence-electron chi connectivity index (χ4n) is 1.37. The summed E-state index contributed by atoms with van der Waals surface area (Å²) in [5.74, 6) is 0.848. The van der Waals surface area contributed by atoms with Crippen LogP contribution in [0, 0.1) is 6.92 Å². The fraction of sp³-hybridized carbons (Fsp3) is 0.375. The number of carbonyl (C=O) groups excluding carboxylic acids is 1. The van der Waals surface area contributed by atoms with Gasteiger partial charge in [-0.25, -0.2) is 9.97 Å². The standard InChI is InChI=1S/C8H9N3O/c1-5-6-3-7(12)11(2)8(6)10-4-9-5/h4H,3H2,1-2H3. The predicted molar refractivity (Wildman–Crippen MR) is 43.9 cm³/mol. The average molecular weight is 163 g/mol. The molecule has 2 rings (SSSR count). The van der Waals surface area contributed by atoms with Crippen LogP contribution >= 0.6 is 0 Å². The van der Waals surface area contributed by atoms with E-state index in [9.17, 15) is 4.79 Å². The number of hydrogen-bond donors (Lipinski definition) is 0. The highest BCUT2D eigenvalue weighted by Gasteiger charge is 2.26. The maximum Gasteiger partial charge on any atom is 0.232 e. The third kappa shape index (κ3) is 0.809. The summed E-state index contributed by atoms with van der Waals surface area (Å²) in [5, 5.41) is 0. The van der Waals surface area contributed by atoms with Crippen molar-refractivity contribution in [1.29, 1.82) is 0 Å². The van der Waals surface area contributed by atoms with E-state index in [2.05, 4.69) is 9.97 Å². The van der Waals surface area contributed by atoms with Gasteiger partial charge in [-0.15, -0.1) is 0 Å². The van der Waals surface area contributed by atoms with E-state index in [0.717, 1.165) is 17.1 Å². The van der Waals surface area contributed by atoms with Crippen LogP contribution in [0.25, 0.3) is 0 Å². The first kappa shape index (κ1) is 7.21. The molecule has 1 aliphatic rings. The number of amides is 1. The Kier molecular flexibility index (Phi) is 1.36. The van der Waals surface area contributed by atoms with Crippen LogP contribution in [0.5, 0.6) is 0 Å². The van der Waals surface area contributed by atoms with Crippen molar-refractivity contribution in [2.75, 3.05) is 11.9 Å². The summed E-state index contributed by atoms with van der Waals surface area (Å²) in [6.45, 7) is 1.90. The van der Waals surface area contributed by atoms with Crippen molar-refractivity contribution in [2.45, 2.75) is 13.3 Å². The highest BCUT2D eigenvalue weighted by atomic mass is 16.2. The quantitative estimate of drug-likeness (QED) is 0.552. The fourth-order valence-corrected chi connectivity index (χ4v) is 1.37. The molecule has 0 saturated carbocycles. The molecule has 0 saturated heterocycles. The monoisotopic (exact) mass is 163 g/mol. The lowest BCUT2D eigenvalue weighted by molar-refractivity contribution is -0.117. The zero-order chi connectivity index (χ0) is 8.72. The van der Waals surface area contributed by atoms with Crippen molar-refractivity contribution >= 4 is 11.7 Å². The molecule has 0 radical (unpaired) electrons. The summed E-state index contributed by atoms with van der Waals surface area (Å²) in [5.41, 5.74) is 1.86. The van der Waals surface area contributed by atoms with Crippen molar-refractivity contribution < 1.29 is 4.79 Å². The van der Waals surface area contributed by atoms with Crippen LogP contribution in [0.3, 0.4) is 0 Å². The molecule has 12 heavy (non-hydrogen) atoms. The van der Waals surface area contributed by atoms with Crippen molar-refractivity contribution in [1.82, 2.24) is 9.97 Å². The molecule has 0 atom stereocenters. The van der Waals surface area contributed by atoms with E-state index in [4.69, 9.17) is 0 Å². The molecule has 4 heteroatoms. The van der Waals surface area contributed by atoms with Gasteiger partial charge in [0, 0.05) is 18.3 Å². The van der Waals surface area contributed by atoms with Gasteiger partial charge in [0.15, 0.2) is 0 Å². The van der Waals surface area contributed by atoms with Crippen LogP contribution in [-0.4, -0.2) is 22.9 Å². The zero-order valence-corrected chi connectivity index (χ0v) is 7.03. The van der Waals surface area contributed by atoms with Crippen molar-refractivity contribution in [2.24, 2.45) is 0 Å². The van der Waals surface area contributed by atoms with Gasteiger partial charge in [0.05, 0.1) is 6.42 Å². The summed E-state index contributed by atoms with van der Waals surface area (Å²) in [6, 6.07) is 0. The molecular weight excluding hydrogens is 154 g/mol. The summed E-state index contributed by atoms with van der Waals surface area (Å²) in [7, 11) is 1.74. The zero-order valence-electron chi connectivity index (χ0n) is 7.03. The molecule has 0 aromatic carbocycles. The summed E-state index contributed by atoms with van der Waals surface area (Å²) >= 11 is 0. The third-order valence-electron chi connectivity index (χ3n) is 2.16. The molecule has 62 valence electrons. The van der Waals surface area contributed by atoms with Gasteiger partial charge < -0.3 is 0 Å². The number of fused-ring (bicyclic) bond motifs is 1. The molecule has 0 bridgehead atoms. The third-order valence-corrected chi connectivity index (χ3v) is 2.16. The maximum absolute atomic E-state index is 11.2. The number of aryl methyl sites for hydroxylation is 1. The van der Waals surface area contributed by atoms with Gasteiger partial charge in [0.1, 0.15) is 12.1 Å². The van der Waals surface area contributed by atoms with E-state index >= 15 is 0 Å². The van der Waals surface area contributed by atoms with Gasteiger partial charge in [0.2, 0.25) is 5.91 Å². The summed E-state index contributed by atoms with van der Waals surface area (Å²) in [4.78, 5) is 20.9. The molecule has 0 spiro atoms. The van der Waals surface area contributed by atoms with E-state index in [1.54, 1.807) is 11.9 Å². The Morgan fingerprint density at radius 2 is 2.25 bits per heavy atom. The number of anilines is 1. The van der Waals surface area contributed by atoms with Crippen molar-refractivity contribution in [3.8, 4) is 0 Å². The minimum atomic E-state index is 0.0913. The number of rotatable bonds is 0. The van der Waals surface area contributed by atoms with Gasteiger partial charge >= 0.3 is 0 Å². The van der Waals surface area contributed by atoms with E-state index in [1.807, 2.05) is 6.92 Å². The van der Waals surface area contributed by atoms with E-state index in [-0.39, 0.29) is 5.91 Å². The number of aromatic nitrogens is 2. The molecule has 0 unspecified atom stereocenters. The van der Waals surface area contributed by atoms with Gasteiger partial charge in [-0.05, 0) is 6.92 Å². The molecule has 1 aliphatic heterocycles. The highest BCUT2D eigenvalue weighted by molar-refractivity contribution is 5.99. The maximum atomic E-state index is 11.2. The topological polar surface area (TPSA) is 46.1 Å². The first-order chi connectivity index (χ1) is 5.70. The molecule has 4 nitrogen and oxygen atoms in total. The normalized spacial score (nSPS) is 15.2. The predicted octanol–water partition coefficient (Wildman–Crippen LogP) is 0.304. The number of likely N-dealkylation sites (N-methyl/N-ethyl adjacent to an activating group) is 1. The van der Waals surface area contributed by atoms with E-state index in [0.29, 0.717) is 6.42 Å². The number of nitrogens with zero attached hydrogens (tertiary/aromatic N) is 3. The molecule has 2 heterocycles. The molecule has 0 aliphatic carbocycles. The lowest BCUT2D eigenvalue weighted by Gasteiger charge is -2.07. The molecule has 1 aromatic heterocycles. The lowest BCUT2D eigenvalue weighted by Crippen LogP contribution is -2.21. The van der Waals surface area contributed by atoms with E-state index in [1.165, 1.54) is 6.33 Å². The minimum absolute atomic E-state index is 0.0913. The van der Waals surface area contributed by atoms with Crippen LogP contribution in [0.4, 0.5) is 5.82 Å². The summed E-state index contributed by atoms with van der Waals surface area (Å²) < 4.78 is 0. The molecule has 1 amide bonds. The number of carbonyl (C=O) groups is 1. The average Bonchev–Trinajstić information content (AvgIpc) is 2.32. The van der Waals surface area contributed by atoms with Crippen LogP contribution in [-0.2, 0) is 11.2 Å². The Hall–Kier alpha value is -1.45. The first-order valence-electron chi connectivity index (χ1n) is 3.77. The van der Waals surface area contributed by atoms with Crippen molar-refractivity contribution in [3.05, 3.63) is 17.6 Å². The van der Waals surface area contributed by atoms with Crippen LogP contribution in [0.1, 0.15) is 11.3 Å². The second kappa shape index (κ2) is 2.27. The van der Waals surface area contributed by atoms with Gasteiger partial charge in [-0.3, -0.25) is 9.69 Å². The van der Waals surface area contributed by atoms with Gasteiger partial charge in [-0.2, -0.15) is 0 Å². The minimum Gasteiger partial charge on any atom is -0.299 e. The molecule has 1 aromatic rings. The lowest BCUT2D eigenvalue weighted by atomic mass is 10.2. The van der Waals surface area contributed by atoms with Gasteiger partial charge in [-0.1, -0.05) is 0 Å². The van der Waals surface area contributed by atoms with Gasteiger partial charge in [0.25, 0.3) is 0 Å². The van der Waals surface area contributed by atoms with E-state index < -0.39 is 0 Å². The first-order valence-corrected chi connectivity index (χ1v) is 3.77. The van der Waals surface area contributed by atoms with Crippen LogP contribution in [0.15, 0.2) is 6.33 Å². The Balaban J connectivity index is 2.60. The SMILES string of the molecule is Cc1ncnc2c1CC(=O)N2C. The Labute approximate surface area is 70.2 Å². The second-order valence-electron chi connectivity index (χ2n) is 2.89. The van der Waals surface area contributed by atoms with Crippen LogP contribution < -0.4 is 4.90 Å². The molecule has 0 fully saturated rings. The second-order valence-corrected chi connectivity index (χ2v) is 2.89.